The van der Waals surface area contributed by atoms with Crippen LogP contribution in [0.25, 0.3) is 0 Å². The van der Waals surface area contributed by atoms with Crippen molar-refractivity contribution in [3.63, 3.8) is 0 Å². The van der Waals surface area contributed by atoms with Gasteiger partial charge < -0.3 is 10.1 Å². The molecule has 8 heteroatoms. The number of benzene rings is 1. The van der Waals surface area contributed by atoms with E-state index in [1.54, 1.807) is 13.8 Å². The summed E-state index contributed by atoms with van der Waals surface area (Å²) >= 11 is 1.47. The van der Waals surface area contributed by atoms with Crippen molar-refractivity contribution in [2.45, 2.75) is 52.1 Å². The van der Waals surface area contributed by atoms with Crippen molar-refractivity contribution < 1.29 is 14.5 Å². The molecule has 28 heavy (non-hydrogen) atoms. The van der Waals surface area contributed by atoms with Gasteiger partial charge in [-0.15, -0.1) is 11.3 Å². The molecule has 1 aliphatic carbocycles. The average molecular weight is 399 g/mol. The van der Waals surface area contributed by atoms with E-state index in [1.807, 2.05) is 0 Å². The Morgan fingerprint density at radius 1 is 1.36 bits per heavy atom. The standard InChI is InChI=1S/C20H21N3O4S/c1-12-10-14(8-9-17(12)23(25)26)27-13(2)19(24)22-20-16(11-21)15-6-4-3-5-7-18(15)28-20/h8-10,13H,3-7H2,1-2H3,(H,22,24)/t13-/m1/s1. The Hall–Kier alpha value is -2.92. The summed E-state index contributed by atoms with van der Waals surface area (Å²) in [6, 6.07) is 6.61. The van der Waals surface area contributed by atoms with Gasteiger partial charge in [-0.1, -0.05) is 6.42 Å². The van der Waals surface area contributed by atoms with Gasteiger partial charge in [-0.05, 0) is 57.2 Å². The van der Waals surface area contributed by atoms with Crippen LogP contribution in [-0.4, -0.2) is 16.9 Å². The van der Waals surface area contributed by atoms with Crippen LogP contribution in [-0.2, 0) is 17.6 Å². The Bertz CT molecular complexity index is 961. The number of nitrogens with one attached hydrogen (secondary N) is 1. The SMILES string of the molecule is Cc1cc(O[C@H](C)C(=O)Nc2sc3c(c2C#N)CCCCC3)ccc1[N+](=O)[O-]. The largest absolute Gasteiger partial charge is 0.481 e. The van der Waals surface area contributed by atoms with E-state index in [9.17, 15) is 20.2 Å². The number of carbonyl (C=O) groups excluding carboxylic acids is 1. The molecule has 1 aromatic heterocycles. The molecule has 2 aromatic rings. The van der Waals surface area contributed by atoms with E-state index < -0.39 is 11.0 Å². The second kappa shape index (κ2) is 8.40. The third-order valence-electron chi connectivity index (χ3n) is 4.82. The number of ether oxygens (including phenoxy) is 1. The summed E-state index contributed by atoms with van der Waals surface area (Å²) in [4.78, 5) is 24.2. The zero-order valence-corrected chi connectivity index (χ0v) is 16.6. The molecular formula is C20H21N3O4S. The summed E-state index contributed by atoms with van der Waals surface area (Å²) in [6.07, 6.45) is 4.33. The number of fused-ring (bicyclic) bond motifs is 1. The molecule has 0 unspecified atom stereocenters. The van der Waals surface area contributed by atoms with Crippen molar-refractivity contribution in [1.82, 2.24) is 0 Å². The molecule has 3 rings (SSSR count). The number of nitro benzene ring substituents is 1. The predicted molar refractivity (Wildman–Crippen MR) is 107 cm³/mol. The van der Waals surface area contributed by atoms with Gasteiger partial charge in [0.1, 0.15) is 16.8 Å². The first kappa shape index (κ1) is 19.8. The fourth-order valence-corrected chi connectivity index (χ4v) is 4.57. The molecule has 0 radical (unpaired) electrons. The molecule has 0 spiro atoms. The Kier molecular flexibility index (Phi) is 5.95. The second-order valence-corrected chi connectivity index (χ2v) is 7.94. The van der Waals surface area contributed by atoms with Gasteiger partial charge in [0, 0.05) is 16.5 Å². The maximum atomic E-state index is 12.6. The second-order valence-electron chi connectivity index (χ2n) is 6.84. The van der Waals surface area contributed by atoms with Crippen molar-refractivity contribution in [2.75, 3.05) is 5.32 Å². The van der Waals surface area contributed by atoms with Gasteiger partial charge in [-0.25, -0.2) is 0 Å². The smallest absolute Gasteiger partial charge is 0.272 e. The lowest BCUT2D eigenvalue weighted by Gasteiger charge is -2.14. The number of thiophene rings is 1. The molecule has 1 N–H and O–H groups in total. The monoisotopic (exact) mass is 399 g/mol. The molecule has 7 nitrogen and oxygen atoms in total. The molecule has 0 aliphatic heterocycles. The molecule has 1 heterocycles. The van der Waals surface area contributed by atoms with Gasteiger partial charge >= 0.3 is 0 Å². The van der Waals surface area contributed by atoms with Crippen LogP contribution in [0.5, 0.6) is 5.75 Å². The summed E-state index contributed by atoms with van der Waals surface area (Å²) in [5.41, 5.74) is 2.10. The maximum absolute atomic E-state index is 12.6. The van der Waals surface area contributed by atoms with Crippen LogP contribution in [0.4, 0.5) is 10.7 Å². The fraction of sp³-hybridized carbons (Fsp3) is 0.400. The van der Waals surface area contributed by atoms with Gasteiger partial charge in [-0.2, -0.15) is 5.26 Å². The molecule has 0 bridgehead atoms. The summed E-state index contributed by atoms with van der Waals surface area (Å²) in [5, 5.41) is 23.9. The Morgan fingerprint density at radius 3 is 2.79 bits per heavy atom. The normalized spacial score (nSPS) is 14.3. The zero-order chi connectivity index (χ0) is 20.3. The quantitative estimate of drug-likeness (QED) is 0.452. The number of nitro groups is 1. The number of rotatable bonds is 5. The summed E-state index contributed by atoms with van der Waals surface area (Å²) in [7, 11) is 0. The molecule has 1 atom stereocenters. The molecule has 1 aromatic carbocycles. The zero-order valence-electron chi connectivity index (χ0n) is 15.8. The number of aryl methyl sites for hydroxylation is 2. The first-order chi connectivity index (χ1) is 13.4. The van der Waals surface area contributed by atoms with Crippen LogP contribution in [0.15, 0.2) is 18.2 Å². The van der Waals surface area contributed by atoms with Crippen LogP contribution in [0.1, 0.15) is 47.8 Å². The van der Waals surface area contributed by atoms with Gasteiger partial charge in [-0.3, -0.25) is 14.9 Å². The van der Waals surface area contributed by atoms with Gasteiger partial charge in [0.2, 0.25) is 0 Å². The Morgan fingerprint density at radius 2 is 2.11 bits per heavy atom. The van der Waals surface area contributed by atoms with Crippen molar-refractivity contribution in [1.29, 1.82) is 5.26 Å². The maximum Gasteiger partial charge on any atom is 0.272 e. The number of anilines is 1. The third-order valence-corrected chi connectivity index (χ3v) is 6.02. The Labute approximate surface area is 167 Å². The molecule has 146 valence electrons. The highest BCUT2D eigenvalue weighted by Crippen LogP contribution is 2.37. The van der Waals surface area contributed by atoms with Crippen LogP contribution in [0.2, 0.25) is 0 Å². The van der Waals surface area contributed by atoms with Crippen LogP contribution >= 0.6 is 11.3 Å². The molecule has 1 amide bonds. The summed E-state index contributed by atoms with van der Waals surface area (Å²) < 4.78 is 5.65. The lowest BCUT2D eigenvalue weighted by Crippen LogP contribution is -2.30. The molecule has 1 aliphatic rings. The minimum Gasteiger partial charge on any atom is -0.481 e. The van der Waals surface area contributed by atoms with Gasteiger partial charge in [0.25, 0.3) is 11.6 Å². The summed E-state index contributed by atoms with van der Waals surface area (Å²) in [6.45, 7) is 3.23. The van der Waals surface area contributed by atoms with Crippen LogP contribution in [0.3, 0.4) is 0 Å². The van der Waals surface area contributed by atoms with E-state index in [2.05, 4.69) is 11.4 Å². The number of nitrogens with zero attached hydrogens (tertiary/aromatic N) is 2. The van der Waals surface area contributed by atoms with Crippen molar-refractivity contribution in [3.8, 4) is 11.8 Å². The number of hydrogen-bond acceptors (Lipinski definition) is 6. The number of nitriles is 1. The van der Waals surface area contributed by atoms with E-state index in [-0.39, 0.29) is 11.6 Å². The number of amides is 1. The summed E-state index contributed by atoms with van der Waals surface area (Å²) in [5.74, 6) is 0.0251. The van der Waals surface area contributed by atoms with Crippen molar-refractivity contribution in [2.24, 2.45) is 0 Å². The van der Waals surface area contributed by atoms with E-state index in [0.29, 0.717) is 21.9 Å². The fourth-order valence-electron chi connectivity index (χ4n) is 3.33. The van der Waals surface area contributed by atoms with Gasteiger partial charge in [0.05, 0.1) is 10.5 Å². The van der Waals surface area contributed by atoms with Gasteiger partial charge in [0.15, 0.2) is 6.10 Å². The van der Waals surface area contributed by atoms with Crippen molar-refractivity contribution in [3.05, 3.63) is 49.9 Å². The minimum absolute atomic E-state index is 0.00296. The first-order valence-electron chi connectivity index (χ1n) is 9.18. The highest BCUT2D eigenvalue weighted by atomic mass is 32.1. The highest BCUT2D eigenvalue weighted by Gasteiger charge is 2.23. The lowest BCUT2D eigenvalue weighted by molar-refractivity contribution is -0.385. The molecule has 0 saturated heterocycles. The third kappa shape index (κ3) is 4.15. The first-order valence-corrected chi connectivity index (χ1v) is 9.99. The number of carbonyl (C=O) groups is 1. The topological polar surface area (TPSA) is 105 Å². The number of hydrogen-bond donors (Lipinski definition) is 1. The minimum atomic E-state index is -0.811. The lowest BCUT2D eigenvalue weighted by atomic mass is 10.1. The van der Waals surface area contributed by atoms with Crippen LogP contribution < -0.4 is 10.1 Å². The molecule has 0 fully saturated rings. The Balaban J connectivity index is 1.72. The molecular weight excluding hydrogens is 378 g/mol. The average Bonchev–Trinajstić information content (AvgIpc) is 2.81. The van der Waals surface area contributed by atoms with E-state index in [1.165, 1.54) is 34.4 Å². The molecule has 0 saturated carbocycles. The predicted octanol–water partition coefficient (Wildman–Crippen LogP) is 4.51. The van der Waals surface area contributed by atoms with E-state index in [0.717, 1.165) is 37.7 Å². The van der Waals surface area contributed by atoms with E-state index >= 15 is 0 Å². The van der Waals surface area contributed by atoms with Crippen LogP contribution in [0, 0.1) is 28.4 Å². The van der Waals surface area contributed by atoms with E-state index in [4.69, 9.17) is 4.74 Å². The van der Waals surface area contributed by atoms with Crippen molar-refractivity contribution >= 4 is 27.9 Å². The highest BCUT2D eigenvalue weighted by molar-refractivity contribution is 7.16.